The lowest BCUT2D eigenvalue weighted by Gasteiger charge is -2.52. The fourth-order valence-corrected chi connectivity index (χ4v) is 4.83. The molecule has 3 atom stereocenters. The molecule has 0 aliphatic heterocycles. The lowest BCUT2D eigenvalue weighted by atomic mass is 9.55. The Kier molecular flexibility index (Phi) is 3.92. The van der Waals surface area contributed by atoms with Gasteiger partial charge >= 0.3 is 0 Å². The fourth-order valence-electron chi connectivity index (χ4n) is 4.83. The molecule has 0 radical (unpaired) electrons. The van der Waals surface area contributed by atoms with Crippen molar-refractivity contribution in [1.82, 2.24) is 0 Å². The Morgan fingerprint density at radius 3 is 2.20 bits per heavy atom. The average Bonchev–Trinajstić information content (AvgIpc) is 2.62. The lowest BCUT2D eigenvalue weighted by molar-refractivity contribution is -0.0506. The van der Waals surface area contributed by atoms with Crippen molar-refractivity contribution in [1.29, 1.82) is 0 Å². The molecule has 0 heterocycles. The molecule has 0 saturated heterocycles. The SMILES string of the molecule is COC1(C)CC2(C)C=C(Cc3ccccc3)C1C=C2c1ccccc1. The Bertz CT molecular complexity index is 818. The van der Waals surface area contributed by atoms with Crippen LogP contribution in [-0.2, 0) is 11.2 Å². The molecule has 3 aliphatic carbocycles. The summed E-state index contributed by atoms with van der Waals surface area (Å²) in [6.45, 7) is 4.63. The van der Waals surface area contributed by atoms with E-state index >= 15 is 0 Å². The van der Waals surface area contributed by atoms with E-state index in [1.54, 1.807) is 0 Å². The molecule has 5 rings (SSSR count). The van der Waals surface area contributed by atoms with Crippen LogP contribution >= 0.6 is 0 Å². The standard InChI is InChI=1S/C24H26O/c1-23-16-20(14-18-10-6-4-7-11-18)22(24(2,17-23)25-3)15-21(23)19-12-8-5-9-13-19/h4-13,15-16,22H,14,17H2,1-3H3. The van der Waals surface area contributed by atoms with Crippen molar-refractivity contribution in [3.8, 4) is 0 Å². The first-order valence-electron chi connectivity index (χ1n) is 9.12. The minimum atomic E-state index is -0.133. The Balaban J connectivity index is 1.76. The summed E-state index contributed by atoms with van der Waals surface area (Å²) in [5.74, 6) is 0.328. The molecule has 128 valence electrons. The molecule has 1 heteroatoms. The highest BCUT2D eigenvalue weighted by Gasteiger charge is 2.51. The number of benzene rings is 2. The summed E-state index contributed by atoms with van der Waals surface area (Å²) in [5.41, 5.74) is 5.53. The average molecular weight is 330 g/mol. The zero-order valence-electron chi connectivity index (χ0n) is 15.3. The fraction of sp³-hybridized carbons (Fsp3) is 0.333. The predicted octanol–water partition coefficient (Wildman–Crippen LogP) is 5.68. The second-order valence-electron chi connectivity index (χ2n) is 7.92. The Morgan fingerprint density at radius 2 is 1.60 bits per heavy atom. The van der Waals surface area contributed by atoms with Crippen molar-refractivity contribution < 1.29 is 4.74 Å². The maximum atomic E-state index is 6.04. The molecule has 3 unspecified atom stereocenters. The van der Waals surface area contributed by atoms with Gasteiger partial charge in [0.15, 0.2) is 0 Å². The summed E-state index contributed by atoms with van der Waals surface area (Å²) in [4.78, 5) is 0. The number of ether oxygens (including phenoxy) is 1. The van der Waals surface area contributed by atoms with Gasteiger partial charge in [-0.25, -0.2) is 0 Å². The topological polar surface area (TPSA) is 9.23 Å². The van der Waals surface area contributed by atoms with Gasteiger partial charge in [-0.1, -0.05) is 85.3 Å². The largest absolute Gasteiger partial charge is 0.378 e. The van der Waals surface area contributed by atoms with Gasteiger partial charge in [-0.05, 0) is 36.5 Å². The molecule has 2 bridgehead atoms. The van der Waals surface area contributed by atoms with Gasteiger partial charge in [0.2, 0.25) is 0 Å². The number of methoxy groups -OCH3 is 1. The highest BCUT2D eigenvalue weighted by Crippen LogP contribution is 2.57. The molecule has 1 nitrogen and oxygen atoms in total. The second kappa shape index (κ2) is 6.00. The van der Waals surface area contributed by atoms with Crippen LogP contribution < -0.4 is 0 Å². The monoisotopic (exact) mass is 330 g/mol. The van der Waals surface area contributed by atoms with Gasteiger partial charge in [-0.3, -0.25) is 0 Å². The molecule has 0 N–H and O–H groups in total. The second-order valence-corrected chi connectivity index (χ2v) is 7.92. The van der Waals surface area contributed by atoms with Gasteiger partial charge < -0.3 is 4.74 Å². The van der Waals surface area contributed by atoms with Gasteiger partial charge in [0.1, 0.15) is 0 Å². The maximum Gasteiger partial charge on any atom is 0.0761 e. The Hall–Kier alpha value is -2.12. The van der Waals surface area contributed by atoms with E-state index in [4.69, 9.17) is 4.74 Å². The summed E-state index contributed by atoms with van der Waals surface area (Å²) in [7, 11) is 1.86. The molecule has 2 aromatic carbocycles. The zero-order chi connectivity index (χ0) is 17.5. The Morgan fingerprint density at radius 1 is 0.960 bits per heavy atom. The number of fused-ring (bicyclic) bond motifs is 1. The summed E-state index contributed by atoms with van der Waals surface area (Å²) in [6, 6.07) is 21.6. The molecular formula is C24H26O. The summed E-state index contributed by atoms with van der Waals surface area (Å²) < 4.78 is 6.04. The van der Waals surface area contributed by atoms with Gasteiger partial charge in [-0.15, -0.1) is 0 Å². The molecule has 2 aromatic rings. The van der Waals surface area contributed by atoms with E-state index in [2.05, 4.69) is 86.7 Å². The third-order valence-corrected chi connectivity index (χ3v) is 6.03. The maximum absolute atomic E-state index is 6.04. The van der Waals surface area contributed by atoms with Gasteiger partial charge in [0.05, 0.1) is 5.60 Å². The van der Waals surface area contributed by atoms with E-state index in [1.807, 2.05) is 7.11 Å². The minimum Gasteiger partial charge on any atom is -0.378 e. The van der Waals surface area contributed by atoms with Crippen LogP contribution in [-0.4, -0.2) is 12.7 Å². The van der Waals surface area contributed by atoms with Crippen molar-refractivity contribution in [2.24, 2.45) is 11.3 Å². The highest BCUT2D eigenvalue weighted by molar-refractivity contribution is 5.76. The molecule has 0 fully saturated rings. The normalized spacial score (nSPS) is 30.8. The number of hydrogen-bond acceptors (Lipinski definition) is 1. The lowest BCUT2D eigenvalue weighted by Crippen LogP contribution is -2.49. The molecule has 0 aromatic heterocycles. The van der Waals surface area contributed by atoms with Gasteiger partial charge in [-0.2, -0.15) is 0 Å². The van der Waals surface area contributed by atoms with Crippen LogP contribution in [0.4, 0.5) is 0 Å². The Labute approximate surface area is 151 Å². The van der Waals surface area contributed by atoms with E-state index < -0.39 is 0 Å². The number of allylic oxidation sites excluding steroid dienone is 2. The van der Waals surface area contributed by atoms with Crippen LogP contribution in [0.25, 0.3) is 5.57 Å². The molecular weight excluding hydrogens is 304 g/mol. The molecule has 0 spiro atoms. The first kappa shape index (κ1) is 16.4. The van der Waals surface area contributed by atoms with Crippen LogP contribution in [0.1, 0.15) is 31.4 Å². The smallest absolute Gasteiger partial charge is 0.0761 e. The quantitative estimate of drug-likeness (QED) is 0.655. The van der Waals surface area contributed by atoms with Crippen molar-refractivity contribution in [2.45, 2.75) is 32.3 Å². The number of hydrogen-bond donors (Lipinski definition) is 0. The summed E-state index contributed by atoms with van der Waals surface area (Å²) >= 11 is 0. The highest BCUT2D eigenvalue weighted by atomic mass is 16.5. The first-order chi connectivity index (χ1) is 12.0. The van der Waals surface area contributed by atoms with Crippen molar-refractivity contribution in [3.63, 3.8) is 0 Å². The van der Waals surface area contributed by atoms with Crippen molar-refractivity contribution in [3.05, 3.63) is 89.5 Å². The molecule has 3 aliphatic rings. The van der Waals surface area contributed by atoms with Crippen LogP contribution in [0.5, 0.6) is 0 Å². The van der Waals surface area contributed by atoms with E-state index in [0.29, 0.717) is 5.92 Å². The van der Waals surface area contributed by atoms with Crippen molar-refractivity contribution in [2.75, 3.05) is 7.11 Å². The number of rotatable bonds is 4. The minimum absolute atomic E-state index is 0.0188. The van der Waals surface area contributed by atoms with E-state index in [-0.39, 0.29) is 11.0 Å². The van der Waals surface area contributed by atoms with Crippen LogP contribution in [0.15, 0.2) is 78.4 Å². The zero-order valence-corrected chi connectivity index (χ0v) is 15.3. The van der Waals surface area contributed by atoms with E-state index in [0.717, 1.165) is 12.8 Å². The van der Waals surface area contributed by atoms with Crippen LogP contribution in [0.2, 0.25) is 0 Å². The summed E-state index contributed by atoms with van der Waals surface area (Å²) in [5, 5.41) is 0. The van der Waals surface area contributed by atoms with Crippen molar-refractivity contribution >= 4 is 5.57 Å². The van der Waals surface area contributed by atoms with E-state index in [1.165, 1.54) is 22.3 Å². The molecule has 25 heavy (non-hydrogen) atoms. The third-order valence-electron chi connectivity index (χ3n) is 6.03. The molecule has 0 saturated carbocycles. The van der Waals surface area contributed by atoms with Crippen LogP contribution in [0.3, 0.4) is 0 Å². The first-order valence-corrected chi connectivity index (χ1v) is 9.12. The predicted molar refractivity (Wildman–Crippen MR) is 104 cm³/mol. The van der Waals surface area contributed by atoms with Gasteiger partial charge in [0.25, 0.3) is 0 Å². The summed E-state index contributed by atoms with van der Waals surface area (Å²) in [6.07, 6.45) is 7.02. The van der Waals surface area contributed by atoms with Gasteiger partial charge in [0, 0.05) is 18.4 Å². The third kappa shape index (κ3) is 2.77. The molecule has 0 amide bonds. The van der Waals surface area contributed by atoms with E-state index in [9.17, 15) is 0 Å². The van der Waals surface area contributed by atoms with Crippen LogP contribution in [0, 0.1) is 11.3 Å².